The number of non-ortho nitro benzene ring substituents is 1. The fourth-order valence-electron chi connectivity index (χ4n) is 3.12. The zero-order valence-electron chi connectivity index (χ0n) is 15.5. The molecule has 0 saturated carbocycles. The van der Waals surface area contributed by atoms with Gasteiger partial charge in [0.2, 0.25) is 0 Å². The van der Waals surface area contributed by atoms with Crippen LogP contribution >= 0.6 is 24.0 Å². The maximum absolute atomic E-state index is 13.1. The zero-order valence-corrected chi connectivity index (χ0v) is 17.9. The smallest absolute Gasteiger partial charge is 0.269 e. The van der Waals surface area contributed by atoms with Crippen molar-refractivity contribution in [2.75, 3.05) is 38.1 Å². The van der Waals surface area contributed by atoms with Crippen LogP contribution in [0.5, 0.6) is 0 Å². The predicted octanol–water partition coefficient (Wildman–Crippen LogP) is 3.25. The van der Waals surface area contributed by atoms with Crippen LogP contribution in [0.2, 0.25) is 0 Å². The molecule has 0 aromatic heterocycles. The van der Waals surface area contributed by atoms with Crippen LogP contribution in [0.4, 0.5) is 15.8 Å². The Bertz CT molecular complexity index is 823. The Kier molecular flexibility index (Phi) is 7.97. The van der Waals surface area contributed by atoms with Crippen molar-refractivity contribution in [1.82, 2.24) is 10.2 Å². The van der Waals surface area contributed by atoms with Crippen LogP contribution in [0, 0.1) is 15.9 Å². The maximum Gasteiger partial charge on any atom is 0.269 e. The fourth-order valence-corrected chi connectivity index (χ4v) is 3.12. The van der Waals surface area contributed by atoms with Gasteiger partial charge < -0.3 is 15.1 Å². The van der Waals surface area contributed by atoms with E-state index in [1.165, 1.54) is 18.2 Å². The number of nitrogens with one attached hydrogen (secondary N) is 1. The number of anilines is 1. The molecule has 28 heavy (non-hydrogen) atoms. The Labute approximate surface area is 180 Å². The maximum atomic E-state index is 13.1. The minimum atomic E-state index is -0.396. The fraction of sp³-hybridized carbons (Fsp3) is 0.316. The quantitative estimate of drug-likeness (QED) is 0.230. The van der Waals surface area contributed by atoms with Crippen molar-refractivity contribution in [2.24, 2.45) is 4.99 Å². The molecule has 0 radical (unpaired) electrons. The van der Waals surface area contributed by atoms with Gasteiger partial charge in [-0.25, -0.2) is 4.39 Å². The van der Waals surface area contributed by atoms with Crippen LogP contribution in [0.1, 0.15) is 5.56 Å². The molecule has 1 N–H and O–H groups in total. The van der Waals surface area contributed by atoms with Crippen molar-refractivity contribution >= 4 is 41.3 Å². The molecule has 0 spiro atoms. The molecule has 1 fully saturated rings. The van der Waals surface area contributed by atoms with Crippen LogP contribution in [-0.2, 0) is 6.54 Å². The molecule has 3 rings (SSSR count). The standard InChI is InChI=1S/C19H22FN5O2.HI/c1-21-19(22-14-15-3-2-4-18(13-15)25(26)27)24-11-9-23(10-12-24)17-7-5-16(20)6-8-17;/h2-8,13H,9-12,14H2,1H3,(H,21,22);1H. The van der Waals surface area contributed by atoms with Crippen molar-refractivity contribution in [2.45, 2.75) is 6.54 Å². The Balaban J connectivity index is 0.00000280. The molecule has 9 heteroatoms. The van der Waals surface area contributed by atoms with Gasteiger partial charge in [0.25, 0.3) is 5.69 Å². The lowest BCUT2D eigenvalue weighted by Crippen LogP contribution is -2.52. The number of benzene rings is 2. The third kappa shape index (κ3) is 5.54. The molecule has 2 aromatic rings. The van der Waals surface area contributed by atoms with Crippen LogP contribution < -0.4 is 10.2 Å². The van der Waals surface area contributed by atoms with Crippen LogP contribution in [-0.4, -0.2) is 49.0 Å². The molecule has 1 aliphatic rings. The summed E-state index contributed by atoms with van der Waals surface area (Å²) in [5.74, 6) is 0.531. The summed E-state index contributed by atoms with van der Waals surface area (Å²) in [4.78, 5) is 19.2. The SMILES string of the molecule is CN=C(NCc1cccc([N+](=O)[O-])c1)N1CCN(c2ccc(F)cc2)CC1.I. The molecule has 0 aliphatic carbocycles. The summed E-state index contributed by atoms with van der Waals surface area (Å²) in [7, 11) is 1.72. The molecule has 1 heterocycles. The Hall–Kier alpha value is -2.43. The van der Waals surface area contributed by atoms with Gasteiger partial charge in [-0.2, -0.15) is 0 Å². The minimum absolute atomic E-state index is 0. The summed E-state index contributed by atoms with van der Waals surface area (Å²) in [5, 5.41) is 14.2. The van der Waals surface area contributed by atoms with E-state index in [2.05, 4.69) is 20.1 Å². The third-order valence-corrected chi connectivity index (χ3v) is 4.55. The van der Waals surface area contributed by atoms with Crippen molar-refractivity contribution in [3.8, 4) is 0 Å². The van der Waals surface area contributed by atoms with Gasteiger partial charge >= 0.3 is 0 Å². The molecule has 150 valence electrons. The Morgan fingerprint density at radius 3 is 2.46 bits per heavy atom. The number of hydrogen-bond donors (Lipinski definition) is 1. The molecule has 1 aliphatic heterocycles. The number of guanidine groups is 1. The minimum Gasteiger partial charge on any atom is -0.368 e. The molecule has 0 unspecified atom stereocenters. The van der Waals surface area contributed by atoms with Gasteiger partial charge in [-0.05, 0) is 29.8 Å². The van der Waals surface area contributed by atoms with E-state index in [1.807, 2.05) is 6.07 Å². The highest BCUT2D eigenvalue weighted by Gasteiger charge is 2.20. The van der Waals surface area contributed by atoms with Crippen LogP contribution in [0.15, 0.2) is 53.5 Å². The van der Waals surface area contributed by atoms with E-state index in [-0.39, 0.29) is 35.5 Å². The second-order valence-corrected chi connectivity index (χ2v) is 6.28. The lowest BCUT2D eigenvalue weighted by Gasteiger charge is -2.37. The van der Waals surface area contributed by atoms with Crippen molar-refractivity contribution in [3.63, 3.8) is 0 Å². The Morgan fingerprint density at radius 1 is 1.18 bits per heavy atom. The van der Waals surface area contributed by atoms with Crippen molar-refractivity contribution in [3.05, 3.63) is 70.0 Å². The van der Waals surface area contributed by atoms with Gasteiger partial charge in [-0.3, -0.25) is 15.1 Å². The molecule has 2 aromatic carbocycles. The summed E-state index contributed by atoms with van der Waals surface area (Å²) < 4.78 is 13.1. The van der Waals surface area contributed by atoms with Crippen molar-refractivity contribution in [1.29, 1.82) is 0 Å². The lowest BCUT2D eigenvalue weighted by atomic mass is 10.2. The molecule has 1 saturated heterocycles. The number of halogens is 2. The zero-order chi connectivity index (χ0) is 19.2. The van der Waals surface area contributed by atoms with E-state index in [9.17, 15) is 14.5 Å². The topological polar surface area (TPSA) is 74.0 Å². The number of piperazine rings is 1. The highest BCUT2D eigenvalue weighted by Crippen LogP contribution is 2.17. The summed E-state index contributed by atoms with van der Waals surface area (Å²) in [5.41, 5.74) is 1.92. The van der Waals surface area contributed by atoms with Crippen molar-refractivity contribution < 1.29 is 9.31 Å². The number of nitrogens with zero attached hydrogens (tertiary/aromatic N) is 4. The first-order valence-corrected chi connectivity index (χ1v) is 8.76. The number of nitro benzene ring substituents is 1. The number of hydrogen-bond acceptors (Lipinski definition) is 4. The molecule has 0 bridgehead atoms. The van der Waals surface area contributed by atoms with Gasteiger partial charge in [0, 0.05) is 57.6 Å². The van der Waals surface area contributed by atoms with Crippen LogP contribution in [0.25, 0.3) is 0 Å². The summed E-state index contributed by atoms with van der Waals surface area (Å²) in [6.07, 6.45) is 0. The third-order valence-electron chi connectivity index (χ3n) is 4.55. The Morgan fingerprint density at radius 2 is 1.86 bits per heavy atom. The molecule has 7 nitrogen and oxygen atoms in total. The highest BCUT2D eigenvalue weighted by atomic mass is 127. The number of rotatable bonds is 4. The second-order valence-electron chi connectivity index (χ2n) is 6.28. The molecular formula is C19H23FIN5O2. The highest BCUT2D eigenvalue weighted by molar-refractivity contribution is 14.0. The van der Waals surface area contributed by atoms with Gasteiger partial charge in [-0.1, -0.05) is 12.1 Å². The average Bonchev–Trinajstić information content (AvgIpc) is 2.70. The predicted molar refractivity (Wildman–Crippen MR) is 119 cm³/mol. The van der Waals surface area contributed by atoms with Crippen LogP contribution in [0.3, 0.4) is 0 Å². The molecule has 0 amide bonds. The van der Waals surface area contributed by atoms with Gasteiger partial charge in [0.1, 0.15) is 5.82 Å². The van der Waals surface area contributed by atoms with E-state index in [0.717, 1.165) is 43.4 Å². The first kappa shape index (κ1) is 21.9. The lowest BCUT2D eigenvalue weighted by molar-refractivity contribution is -0.384. The summed E-state index contributed by atoms with van der Waals surface area (Å²) in [6, 6.07) is 13.1. The molecular weight excluding hydrogens is 476 g/mol. The largest absolute Gasteiger partial charge is 0.368 e. The van der Waals surface area contributed by atoms with Gasteiger partial charge in [-0.15, -0.1) is 24.0 Å². The monoisotopic (exact) mass is 499 g/mol. The van der Waals surface area contributed by atoms with Gasteiger partial charge in [0.05, 0.1) is 4.92 Å². The van der Waals surface area contributed by atoms with E-state index >= 15 is 0 Å². The first-order chi connectivity index (χ1) is 13.1. The van der Waals surface area contributed by atoms with E-state index in [1.54, 1.807) is 31.3 Å². The summed E-state index contributed by atoms with van der Waals surface area (Å²) in [6.45, 7) is 3.65. The van der Waals surface area contributed by atoms with E-state index < -0.39 is 4.92 Å². The second kappa shape index (κ2) is 10.2. The van der Waals surface area contributed by atoms with E-state index in [0.29, 0.717) is 6.54 Å². The number of aliphatic imine (C=N–C) groups is 1. The average molecular weight is 499 g/mol. The number of nitro groups is 1. The first-order valence-electron chi connectivity index (χ1n) is 8.76. The molecule has 0 atom stereocenters. The summed E-state index contributed by atoms with van der Waals surface area (Å²) >= 11 is 0. The van der Waals surface area contributed by atoms with Gasteiger partial charge in [0.15, 0.2) is 5.96 Å². The normalized spacial score (nSPS) is 14.4. The van der Waals surface area contributed by atoms with E-state index in [4.69, 9.17) is 0 Å².